The van der Waals surface area contributed by atoms with Crippen LogP contribution in [0.25, 0.3) is 28.0 Å². The molecule has 0 saturated carbocycles. The van der Waals surface area contributed by atoms with Gasteiger partial charge >= 0.3 is 6.03 Å². The molecule has 1 atom stereocenters. The van der Waals surface area contributed by atoms with Crippen molar-refractivity contribution in [3.63, 3.8) is 0 Å². The molecule has 3 aromatic heterocycles. The Labute approximate surface area is 203 Å². The third kappa shape index (κ3) is 3.79. The fourth-order valence-electron chi connectivity index (χ4n) is 4.90. The van der Waals surface area contributed by atoms with Gasteiger partial charge in [-0.3, -0.25) is 10.00 Å². The number of hydrogen-bond donors (Lipinski definition) is 1. The van der Waals surface area contributed by atoms with E-state index in [4.69, 9.17) is 9.72 Å². The zero-order valence-electron chi connectivity index (χ0n) is 19.9. The lowest BCUT2D eigenvalue weighted by Gasteiger charge is -2.34. The number of ether oxygens (including phenoxy) is 1. The number of anilines is 2. The normalized spacial score (nSPS) is 19.1. The molecule has 2 amide bonds. The molecule has 10 nitrogen and oxygen atoms in total. The number of rotatable bonds is 4. The summed E-state index contributed by atoms with van der Waals surface area (Å²) in [6.07, 6.45) is 4.58. The van der Waals surface area contributed by atoms with Gasteiger partial charge in [-0.15, -0.1) is 0 Å². The molecular formula is C25H28N8O2. The number of nitrogens with zero attached hydrogens (tertiary/aromatic N) is 7. The molecule has 6 rings (SSSR count). The predicted octanol–water partition coefficient (Wildman–Crippen LogP) is 3.30. The molecule has 2 aliphatic rings. The number of carbonyl (C=O) groups excluding carboxylic acids is 1. The standard InChI is InChI=1S/C25H28N8O2/c1-17-16-35-13-12-31(17)23-14-20(21-15-27-33(24(21)28-23)22-8-9-26-29-22)18-4-6-19(7-5-18)32-11-3-10-30(2)25(32)34/h4-9,14-15,17H,3,10-13,16H2,1-2H3,(H,26,29)/t17-/m1/s1. The Morgan fingerprint density at radius 1 is 1.09 bits per heavy atom. The quantitative estimate of drug-likeness (QED) is 0.490. The van der Waals surface area contributed by atoms with Crippen molar-refractivity contribution in [2.24, 2.45) is 0 Å². The van der Waals surface area contributed by atoms with Gasteiger partial charge in [0.1, 0.15) is 5.82 Å². The van der Waals surface area contributed by atoms with E-state index in [0.717, 1.165) is 59.7 Å². The number of amides is 2. The molecule has 1 N–H and O–H groups in total. The topological polar surface area (TPSA) is 95.4 Å². The first-order chi connectivity index (χ1) is 17.1. The number of aromatic amines is 1. The zero-order valence-corrected chi connectivity index (χ0v) is 19.9. The lowest BCUT2D eigenvalue weighted by molar-refractivity contribution is 0.0985. The molecule has 10 heteroatoms. The fourth-order valence-corrected chi connectivity index (χ4v) is 4.90. The number of pyridine rings is 1. The lowest BCUT2D eigenvalue weighted by atomic mass is 10.0. The van der Waals surface area contributed by atoms with Crippen LogP contribution in [0.15, 0.2) is 48.8 Å². The van der Waals surface area contributed by atoms with E-state index < -0.39 is 0 Å². The van der Waals surface area contributed by atoms with Gasteiger partial charge < -0.3 is 14.5 Å². The molecule has 5 heterocycles. The monoisotopic (exact) mass is 472 g/mol. The Bertz CT molecular complexity index is 1350. The fraction of sp³-hybridized carbons (Fsp3) is 0.360. The van der Waals surface area contributed by atoms with E-state index in [0.29, 0.717) is 19.0 Å². The maximum atomic E-state index is 12.6. The van der Waals surface area contributed by atoms with Crippen molar-refractivity contribution in [2.45, 2.75) is 19.4 Å². The second-order valence-electron chi connectivity index (χ2n) is 9.13. The number of urea groups is 1. The number of benzene rings is 1. The summed E-state index contributed by atoms with van der Waals surface area (Å²) in [4.78, 5) is 23.5. The number of nitrogens with one attached hydrogen (secondary N) is 1. The number of carbonyl (C=O) groups is 1. The van der Waals surface area contributed by atoms with Crippen molar-refractivity contribution in [3.05, 3.63) is 48.8 Å². The van der Waals surface area contributed by atoms with E-state index in [1.807, 2.05) is 36.3 Å². The van der Waals surface area contributed by atoms with E-state index in [1.165, 1.54) is 0 Å². The maximum absolute atomic E-state index is 12.6. The smallest absolute Gasteiger partial charge is 0.324 e. The highest BCUT2D eigenvalue weighted by Crippen LogP contribution is 2.34. The molecule has 1 aromatic carbocycles. The van der Waals surface area contributed by atoms with Crippen LogP contribution in [-0.2, 0) is 4.74 Å². The number of H-pyrrole nitrogens is 1. The van der Waals surface area contributed by atoms with Crippen molar-refractivity contribution in [2.75, 3.05) is 49.7 Å². The van der Waals surface area contributed by atoms with Crippen molar-refractivity contribution >= 4 is 28.6 Å². The van der Waals surface area contributed by atoms with Gasteiger partial charge in [0.25, 0.3) is 0 Å². The first-order valence-electron chi connectivity index (χ1n) is 12.0. The Morgan fingerprint density at radius 3 is 2.71 bits per heavy atom. The molecule has 2 aliphatic heterocycles. The Morgan fingerprint density at radius 2 is 1.94 bits per heavy atom. The van der Waals surface area contributed by atoms with E-state index in [-0.39, 0.29) is 12.1 Å². The average molecular weight is 473 g/mol. The highest BCUT2D eigenvalue weighted by atomic mass is 16.5. The Balaban J connectivity index is 1.45. The minimum atomic E-state index is 0.0409. The number of fused-ring (bicyclic) bond motifs is 1. The lowest BCUT2D eigenvalue weighted by Crippen LogP contribution is -2.47. The second-order valence-corrected chi connectivity index (χ2v) is 9.13. The van der Waals surface area contributed by atoms with E-state index in [2.05, 4.69) is 45.3 Å². The van der Waals surface area contributed by atoms with Gasteiger partial charge in [0.15, 0.2) is 11.5 Å². The highest BCUT2D eigenvalue weighted by molar-refractivity contribution is 5.96. The van der Waals surface area contributed by atoms with Gasteiger partial charge in [0, 0.05) is 50.0 Å². The van der Waals surface area contributed by atoms with Crippen LogP contribution in [0.2, 0.25) is 0 Å². The molecule has 0 unspecified atom stereocenters. The maximum Gasteiger partial charge on any atom is 0.324 e. The second kappa shape index (κ2) is 8.70. The third-order valence-corrected chi connectivity index (χ3v) is 6.82. The van der Waals surface area contributed by atoms with Crippen LogP contribution in [0.5, 0.6) is 0 Å². The summed E-state index contributed by atoms with van der Waals surface area (Å²) in [5.41, 5.74) is 3.74. The summed E-state index contributed by atoms with van der Waals surface area (Å²) in [5.74, 6) is 1.58. The molecule has 0 aliphatic carbocycles. The zero-order chi connectivity index (χ0) is 23.9. The Kier molecular flexibility index (Phi) is 5.37. The van der Waals surface area contributed by atoms with Crippen molar-refractivity contribution in [1.29, 1.82) is 0 Å². The van der Waals surface area contributed by atoms with Crippen molar-refractivity contribution < 1.29 is 9.53 Å². The van der Waals surface area contributed by atoms with Crippen molar-refractivity contribution in [1.82, 2.24) is 29.9 Å². The summed E-state index contributed by atoms with van der Waals surface area (Å²) < 4.78 is 7.42. The van der Waals surface area contributed by atoms with Crippen LogP contribution < -0.4 is 9.80 Å². The molecule has 0 spiro atoms. The summed E-state index contributed by atoms with van der Waals surface area (Å²) in [6, 6.07) is 12.5. The summed E-state index contributed by atoms with van der Waals surface area (Å²) in [6.45, 7) is 5.80. The van der Waals surface area contributed by atoms with Crippen molar-refractivity contribution in [3.8, 4) is 16.9 Å². The molecule has 2 saturated heterocycles. The van der Waals surface area contributed by atoms with Gasteiger partial charge in [-0.05, 0) is 42.7 Å². The van der Waals surface area contributed by atoms with E-state index in [9.17, 15) is 4.79 Å². The molecule has 35 heavy (non-hydrogen) atoms. The largest absolute Gasteiger partial charge is 0.377 e. The van der Waals surface area contributed by atoms with Gasteiger partial charge in [-0.25, -0.2) is 9.78 Å². The molecule has 2 fully saturated rings. The van der Waals surface area contributed by atoms with Gasteiger partial charge in [0.2, 0.25) is 0 Å². The summed E-state index contributed by atoms with van der Waals surface area (Å²) >= 11 is 0. The predicted molar refractivity (Wildman–Crippen MR) is 134 cm³/mol. The summed E-state index contributed by atoms with van der Waals surface area (Å²) in [7, 11) is 1.85. The summed E-state index contributed by atoms with van der Waals surface area (Å²) in [5, 5.41) is 12.7. The number of aromatic nitrogens is 5. The minimum Gasteiger partial charge on any atom is -0.377 e. The van der Waals surface area contributed by atoms with Crippen LogP contribution in [0.4, 0.5) is 16.3 Å². The molecule has 180 valence electrons. The van der Waals surface area contributed by atoms with Crippen LogP contribution in [0.1, 0.15) is 13.3 Å². The molecular weight excluding hydrogens is 444 g/mol. The van der Waals surface area contributed by atoms with Gasteiger partial charge in [-0.2, -0.15) is 14.9 Å². The van der Waals surface area contributed by atoms with Crippen LogP contribution in [0.3, 0.4) is 0 Å². The van der Waals surface area contributed by atoms with Crippen LogP contribution in [-0.4, -0.2) is 81.8 Å². The van der Waals surface area contributed by atoms with E-state index in [1.54, 1.807) is 15.8 Å². The van der Waals surface area contributed by atoms with Crippen LogP contribution in [0, 0.1) is 0 Å². The van der Waals surface area contributed by atoms with Crippen LogP contribution >= 0.6 is 0 Å². The van der Waals surface area contributed by atoms with Gasteiger partial charge in [0.05, 0.1) is 25.5 Å². The minimum absolute atomic E-state index is 0.0409. The SMILES string of the molecule is C[C@@H]1COCCN1c1cc(-c2ccc(N3CCCN(C)C3=O)cc2)c2cnn(-c3cc[nH]n3)c2n1. The molecule has 0 radical (unpaired) electrons. The van der Waals surface area contributed by atoms with E-state index >= 15 is 0 Å². The number of hydrogen-bond acceptors (Lipinski definition) is 6. The third-order valence-electron chi connectivity index (χ3n) is 6.82. The number of morpholine rings is 1. The average Bonchev–Trinajstić information content (AvgIpc) is 3.56. The Hall–Kier alpha value is -3.92. The van der Waals surface area contributed by atoms with Gasteiger partial charge in [-0.1, -0.05) is 12.1 Å². The highest BCUT2D eigenvalue weighted by Gasteiger charge is 2.25. The first kappa shape index (κ1) is 21.6. The molecule has 0 bridgehead atoms. The first-order valence-corrected chi connectivity index (χ1v) is 12.0. The molecule has 4 aromatic rings.